The first-order valence-corrected chi connectivity index (χ1v) is 6.14. The van der Waals surface area contributed by atoms with Crippen molar-refractivity contribution in [3.63, 3.8) is 0 Å². The van der Waals surface area contributed by atoms with Gasteiger partial charge >= 0.3 is 6.09 Å². The quantitative estimate of drug-likeness (QED) is 0.668. The summed E-state index contributed by atoms with van der Waals surface area (Å²) in [5, 5.41) is 14.1. The van der Waals surface area contributed by atoms with Crippen LogP contribution in [-0.4, -0.2) is 39.2 Å². The Morgan fingerprint density at radius 2 is 2.20 bits per heavy atom. The Hall–Kier alpha value is -2.83. The predicted octanol–water partition coefficient (Wildman–Crippen LogP) is 1.11. The van der Waals surface area contributed by atoms with E-state index in [0.29, 0.717) is 11.3 Å². The summed E-state index contributed by atoms with van der Waals surface area (Å²) in [4.78, 5) is 27.7. The van der Waals surface area contributed by atoms with E-state index < -0.39 is 6.09 Å². The van der Waals surface area contributed by atoms with E-state index in [1.807, 2.05) is 6.07 Å². The van der Waals surface area contributed by atoms with Crippen molar-refractivity contribution in [2.24, 2.45) is 5.10 Å². The third kappa shape index (κ3) is 1.31. The molecule has 0 unspecified atom stereocenters. The van der Waals surface area contributed by atoms with Crippen LogP contribution in [0.2, 0.25) is 0 Å². The SMILES string of the molecule is O=C1NN=C2CN(C(=O)O)Cc3[nH]c4cccc1c4c32. The molecule has 20 heavy (non-hydrogen) atoms. The highest BCUT2D eigenvalue weighted by Gasteiger charge is 2.31. The average molecular weight is 270 g/mol. The minimum atomic E-state index is -1.01. The van der Waals surface area contributed by atoms with Gasteiger partial charge in [0.25, 0.3) is 5.91 Å². The lowest BCUT2D eigenvalue weighted by Crippen LogP contribution is -2.39. The lowest BCUT2D eigenvalue weighted by molar-refractivity contribution is 0.0957. The molecule has 3 heterocycles. The summed E-state index contributed by atoms with van der Waals surface area (Å²) in [5.74, 6) is -0.277. The molecule has 4 rings (SSSR count). The zero-order valence-electron chi connectivity index (χ0n) is 10.3. The number of H-pyrrole nitrogens is 1. The molecule has 0 bridgehead atoms. The lowest BCUT2D eigenvalue weighted by Gasteiger charge is -2.24. The molecular formula is C13H10N4O3. The topological polar surface area (TPSA) is 97.8 Å². The molecule has 1 aromatic carbocycles. The normalized spacial score (nSPS) is 16.7. The second kappa shape index (κ2) is 3.60. The molecule has 0 fully saturated rings. The molecule has 0 spiro atoms. The van der Waals surface area contributed by atoms with E-state index in [1.165, 1.54) is 4.90 Å². The minimum absolute atomic E-state index is 0.171. The summed E-state index contributed by atoms with van der Waals surface area (Å²) in [6.07, 6.45) is -1.01. The van der Waals surface area contributed by atoms with E-state index in [0.717, 1.165) is 22.2 Å². The van der Waals surface area contributed by atoms with Crippen LogP contribution in [0.15, 0.2) is 23.3 Å². The van der Waals surface area contributed by atoms with Crippen LogP contribution in [-0.2, 0) is 6.54 Å². The number of amides is 2. The van der Waals surface area contributed by atoms with Crippen LogP contribution in [0.5, 0.6) is 0 Å². The van der Waals surface area contributed by atoms with Crippen LogP contribution in [0.1, 0.15) is 21.6 Å². The molecule has 2 amide bonds. The molecule has 100 valence electrons. The van der Waals surface area contributed by atoms with Gasteiger partial charge < -0.3 is 10.1 Å². The number of hydrogen-bond acceptors (Lipinski definition) is 3. The van der Waals surface area contributed by atoms with Crippen LogP contribution < -0.4 is 5.43 Å². The molecule has 2 aromatic rings. The zero-order valence-corrected chi connectivity index (χ0v) is 10.3. The van der Waals surface area contributed by atoms with Gasteiger partial charge in [0.05, 0.1) is 24.4 Å². The smallest absolute Gasteiger partial charge is 0.408 e. The number of hydrogen-bond donors (Lipinski definition) is 3. The van der Waals surface area contributed by atoms with Gasteiger partial charge in [-0.3, -0.25) is 9.69 Å². The highest BCUT2D eigenvalue weighted by Crippen LogP contribution is 2.31. The number of carboxylic acid groups (broad SMARTS) is 1. The molecule has 0 saturated heterocycles. The minimum Gasteiger partial charge on any atom is -0.465 e. The molecule has 7 nitrogen and oxygen atoms in total. The third-order valence-corrected chi connectivity index (χ3v) is 3.69. The molecule has 0 saturated carbocycles. The molecule has 0 radical (unpaired) electrons. The summed E-state index contributed by atoms with van der Waals surface area (Å²) >= 11 is 0. The number of nitrogens with one attached hydrogen (secondary N) is 2. The van der Waals surface area contributed by atoms with Crippen molar-refractivity contribution in [3.8, 4) is 0 Å². The van der Waals surface area contributed by atoms with Crippen LogP contribution in [0.25, 0.3) is 10.9 Å². The standard InChI is InChI=1S/C13H10N4O3/c18-12-6-2-1-3-7-10(6)11-8(14-7)4-17(13(19)20)5-9(11)15-16-12/h1-3,14H,4-5H2,(H,16,18)(H,19,20). The molecule has 7 heteroatoms. The van der Waals surface area contributed by atoms with Gasteiger partial charge in [0, 0.05) is 22.2 Å². The fourth-order valence-electron chi connectivity index (χ4n) is 2.84. The fourth-order valence-corrected chi connectivity index (χ4v) is 2.84. The van der Waals surface area contributed by atoms with E-state index in [-0.39, 0.29) is 19.0 Å². The van der Waals surface area contributed by atoms with Crippen molar-refractivity contribution in [1.82, 2.24) is 15.3 Å². The van der Waals surface area contributed by atoms with Gasteiger partial charge in [0.1, 0.15) is 0 Å². The third-order valence-electron chi connectivity index (χ3n) is 3.69. The Labute approximate surface area is 112 Å². The second-order valence-corrected chi connectivity index (χ2v) is 4.84. The predicted molar refractivity (Wildman–Crippen MR) is 70.7 cm³/mol. The maximum absolute atomic E-state index is 12.0. The molecule has 1 aromatic heterocycles. The van der Waals surface area contributed by atoms with Crippen molar-refractivity contribution >= 4 is 28.6 Å². The van der Waals surface area contributed by atoms with Crippen LogP contribution in [0, 0.1) is 0 Å². The number of aromatic amines is 1. The van der Waals surface area contributed by atoms with Gasteiger partial charge in [-0.15, -0.1) is 0 Å². The van der Waals surface area contributed by atoms with Crippen LogP contribution >= 0.6 is 0 Å². The van der Waals surface area contributed by atoms with Gasteiger partial charge in [-0.2, -0.15) is 5.10 Å². The van der Waals surface area contributed by atoms with Gasteiger partial charge in [-0.05, 0) is 12.1 Å². The monoisotopic (exact) mass is 270 g/mol. The molecular weight excluding hydrogens is 260 g/mol. The lowest BCUT2D eigenvalue weighted by atomic mass is 9.98. The first-order valence-electron chi connectivity index (χ1n) is 6.14. The Balaban J connectivity index is 2.05. The highest BCUT2D eigenvalue weighted by molar-refractivity contribution is 6.21. The molecule has 0 aliphatic carbocycles. The average Bonchev–Trinajstić information content (AvgIpc) is 2.74. The Morgan fingerprint density at radius 1 is 1.35 bits per heavy atom. The number of carbonyl (C=O) groups is 2. The van der Waals surface area contributed by atoms with Gasteiger partial charge in [-0.1, -0.05) is 6.07 Å². The van der Waals surface area contributed by atoms with Crippen molar-refractivity contribution < 1.29 is 14.7 Å². The van der Waals surface area contributed by atoms with E-state index in [4.69, 9.17) is 5.11 Å². The van der Waals surface area contributed by atoms with Gasteiger partial charge in [-0.25, -0.2) is 10.2 Å². The summed E-state index contributed by atoms with van der Waals surface area (Å²) in [7, 11) is 0. The van der Waals surface area contributed by atoms with E-state index in [1.54, 1.807) is 12.1 Å². The number of hydrazone groups is 1. The summed E-state index contributed by atoms with van der Waals surface area (Å²) in [6, 6.07) is 5.41. The summed E-state index contributed by atoms with van der Waals surface area (Å²) in [6.45, 7) is 0.440. The van der Waals surface area contributed by atoms with Gasteiger partial charge in [0.2, 0.25) is 0 Å². The largest absolute Gasteiger partial charge is 0.465 e. The van der Waals surface area contributed by atoms with Gasteiger partial charge in [0.15, 0.2) is 0 Å². The zero-order chi connectivity index (χ0) is 13.9. The van der Waals surface area contributed by atoms with Crippen LogP contribution in [0.3, 0.4) is 0 Å². The fraction of sp³-hybridized carbons (Fsp3) is 0.154. The molecule has 2 aliphatic rings. The number of carbonyl (C=O) groups excluding carboxylic acids is 1. The summed E-state index contributed by atoms with van der Waals surface area (Å²) < 4.78 is 0. The molecule has 3 N–H and O–H groups in total. The highest BCUT2D eigenvalue weighted by atomic mass is 16.4. The number of nitrogens with zero attached hydrogens (tertiary/aromatic N) is 2. The van der Waals surface area contributed by atoms with E-state index in [2.05, 4.69) is 15.5 Å². The Bertz CT molecular complexity index is 805. The second-order valence-electron chi connectivity index (χ2n) is 4.84. The molecule has 0 atom stereocenters. The van der Waals surface area contributed by atoms with Crippen molar-refractivity contribution in [2.45, 2.75) is 6.54 Å². The van der Waals surface area contributed by atoms with E-state index >= 15 is 0 Å². The van der Waals surface area contributed by atoms with Crippen molar-refractivity contribution in [2.75, 3.05) is 6.54 Å². The summed E-state index contributed by atoms with van der Waals surface area (Å²) in [5.41, 5.74) is 6.05. The first kappa shape index (κ1) is 11.0. The van der Waals surface area contributed by atoms with Crippen LogP contribution in [0.4, 0.5) is 4.79 Å². The maximum Gasteiger partial charge on any atom is 0.408 e. The number of rotatable bonds is 0. The van der Waals surface area contributed by atoms with Crippen molar-refractivity contribution in [1.29, 1.82) is 0 Å². The Morgan fingerprint density at radius 3 is 3.00 bits per heavy atom. The van der Waals surface area contributed by atoms with Crippen molar-refractivity contribution in [3.05, 3.63) is 35.0 Å². The van der Waals surface area contributed by atoms with E-state index in [9.17, 15) is 9.59 Å². The number of aromatic nitrogens is 1. The Kier molecular flexibility index (Phi) is 1.98. The first-order chi connectivity index (χ1) is 9.65. The maximum atomic E-state index is 12.0. The number of benzene rings is 1. The molecule has 2 aliphatic heterocycles.